The summed E-state index contributed by atoms with van der Waals surface area (Å²) >= 11 is 0. The molecule has 0 radical (unpaired) electrons. The van der Waals surface area contributed by atoms with Gasteiger partial charge in [-0.1, -0.05) is 25.0 Å². The van der Waals surface area contributed by atoms with Crippen molar-refractivity contribution in [3.05, 3.63) is 64.6 Å². The molecule has 0 spiro atoms. The third kappa shape index (κ3) is 3.68. The molecule has 1 fully saturated rings. The summed E-state index contributed by atoms with van der Waals surface area (Å²) in [7, 11) is 1.62. The van der Waals surface area contributed by atoms with Crippen LogP contribution in [0.4, 0.5) is 0 Å². The molecule has 27 heavy (non-hydrogen) atoms. The van der Waals surface area contributed by atoms with Gasteiger partial charge in [0.25, 0.3) is 0 Å². The van der Waals surface area contributed by atoms with Crippen LogP contribution in [0, 0.1) is 5.21 Å². The van der Waals surface area contributed by atoms with E-state index in [-0.39, 0.29) is 6.10 Å². The molecule has 142 valence electrons. The summed E-state index contributed by atoms with van der Waals surface area (Å²) in [5, 5.41) is 22.3. The molecule has 4 rings (SSSR count). The first-order valence-corrected chi connectivity index (χ1v) is 9.41. The van der Waals surface area contributed by atoms with Crippen LogP contribution in [0.15, 0.2) is 47.7 Å². The molecule has 2 heterocycles. The van der Waals surface area contributed by atoms with E-state index < -0.39 is 12.3 Å². The van der Waals surface area contributed by atoms with Crippen LogP contribution in [-0.2, 0) is 11.2 Å². The average molecular weight is 368 g/mol. The predicted octanol–water partition coefficient (Wildman–Crippen LogP) is 2.69. The van der Waals surface area contributed by atoms with Crippen molar-refractivity contribution in [3.63, 3.8) is 0 Å². The summed E-state index contributed by atoms with van der Waals surface area (Å²) in [6.07, 6.45) is 6.38. The topological polar surface area (TPSA) is 78.0 Å². The number of aliphatic imine (C=N–C) groups is 1. The zero-order valence-corrected chi connectivity index (χ0v) is 15.4. The van der Waals surface area contributed by atoms with E-state index in [9.17, 15) is 10.3 Å². The quantitative estimate of drug-likeness (QED) is 0.650. The third-order valence-corrected chi connectivity index (χ3v) is 5.29. The van der Waals surface area contributed by atoms with Crippen LogP contribution in [0.3, 0.4) is 0 Å². The number of ether oxygens (including phenoxy) is 2. The van der Waals surface area contributed by atoms with Crippen LogP contribution in [0.25, 0.3) is 0 Å². The SMILES string of the molecule is COc1cccc2c1C(OC1CCCC1)C(O)N=C2Cc1ccc[n+]([O-])c1. The summed E-state index contributed by atoms with van der Waals surface area (Å²) in [6.45, 7) is 0. The first-order valence-electron chi connectivity index (χ1n) is 9.41. The zero-order valence-electron chi connectivity index (χ0n) is 15.4. The second-order valence-corrected chi connectivity index (χ2v) is 7.12. The molecule has 2 unspecified atom stereocenters. The molecule has 1 N–H and O–H groups in total. The molecule has 2 atom stereocenters. The Bertz CT molecular complexity index is 846. The number of fused-ring (bicyclic) bond motifs is 1. The molecule has 2 aliphatic rings. The van der Waals surface area contributed by atoms with E-state index in [1.807, 2.05) is 24.3 Å². The highest BCUT2D eigenvalue weighted by molar-refractivity contribution is 6.04. The van der Waals surface area contributed by atoms with Gasteiger partial charge in [-0.15, -0.1) is 0 Å². The van der Waals surface area contributed by atoms with Crippen molar-refractivity contribution in [2.45, 2.75) is 50.5 Å². The fourth-order valence-electron chi connectivity index (χ4n) is 4.02. The molecular weight excluding hydrogens is 344 g/mol. The number of nitrogens with zero attached hydrogens (tertiary/aromatic N) is 2. The zero-order chi connectivity index (χ0) is 18.8. The van der Waals surface area contributed by atoms with Crippen LogP contribution in [0.2, 0.25) is 0 Å². The van der Waals surface area contributed by atoms with Gasteiger partial charge in [-0.05, 0) is 25.0 Å². The number of pyridine rings is 1. The smallest absolute Gasteiger partial charge is 0.183 e. The molecule has 0 saturated heterocycles. The molecule has 1 saturated carbocycles. The van der Waals surface area contributed by atoms with Crippen LogP contribution < -0.4 is 9.47 Å². The van der Waals surface area contributed by atoms with Gasteiger partial charge in [0.2, 0.25) is 0 Å². The number of methoxy groups -OCH3 is 1. The van der Waals surface area contributed by atoms with E-state index in [1.54, 1.807) is 13.2 Å². The molecule has 0 amide bonds. The number of aromatic nitrogens is 1. The lowest BCUT2D eigenvalue weighted by atomic mass is 9.90. The van der Waals surface area contributed by atoms with Gasteiger partial charge >= 0.3 is 0 Å². The second kappa shape index (κ2) is 7.66. The predicted molar refractivity (Wildman–Crippen MR) is 101 cm³/mol. The van der Waals surface area contributed by atoms with Gasteiger partial charge in [-0.2, -0.15) is 4.73 Å². The number of aliphatic hydroxyl groups is 1. The highest BCUT2D eigenvalue weighted by Crippen LogP contribution is 2.40. The lowest BCUT2D eigenvalue weighted by Crippen LogP contribution is -2.32. The van der Waals surface area contributed by atoms with Gasteiger partial charge in [0.1, 0.15) is 11.9 Å². The molecule has 2 aromatic rings. The van der Waals surface area contributed by atoms with E-state index in [1.165, 1.54) is 12.4 Å². The van der Waals surface area contributed by atoms with Crippen LogP contribution >= 0.6 is 0 Å². The minimum Gasteiger partial charge on any atom is -0.619 e. The first kappa shape index (κ1) is 17.9. The van der Waals surface area contributed by atoms with Crippen molar-refractivity contribution in [2.75, 3.05) is 7.11 Å². The van der Waals surface area contributed by atoms with E-state index in [0.717, 1.165) is 52.8 Å². The maximum absolute atomic E-state index is 11.6. The third-order valence-electron chi connectivity index (χ3n) is 5.29. The Hall–Kier alpha value is -2.44. The van der Waals surface area contributed by atoms with E-state index in [2.05, 4.69) is 4.99 Å². The highest BCUT2D eigenvalue weighted by Gasteiger charge is 2.35. The normalized spacial score (nSPS) is 22.4. The van der Waals surface area contributed by atoms with Gasteiger partial charge < -0.3 is 19.8 Å². The fraction of sp³-hybridized carbons (Fsp3) is 0.429. The lowest BCUT2D eigenvalue weighted by Gasteiger charge is -2.32. The number of aliphatic hydroxyl groups excluding tert-OH is 1. The Kier molecular flexibility index (Phi) is 5.09. The maximum atomic E-state index is 11.6. The number of rotatable bonds is 5. The summed E-state index contributed by atoms with van der Waals surface area (Å²) in [6, 6.07) is 9.36. The molecule has 1 aromatic heterocycles. The Labute approximate surface area is 158 Å². The first-order chi connectivity index (χ1) is 13.2. The molecule has 6 heteroatoms. The maximum Gasteiger partial charge on any atom is 0.183 e. The largest absolute Gasteiger partial charge is 0.619 e. The fourth-order valence-corrected chi connectivity index (χ4v) is 4.02. The van der Waals surface area contributed by atoms with Crippen molar-refractivity contribution < 1.29 is 19.3 Å². The van der Waals surface area contributed by atoms with Crippen molar-refractivity contribution in [2.24, 2.45) is 4.99 Å². The standard InChI is InChI=1S/C21H24N2O4/c1-26-18-10-4-9-16-17(12-14-6-5-11-23(25)13-14)22-21(24)20(19(16)18)27-15-7-2-3-8-15/h4-6,9-11,13,15,20-21,24H,2-3,7-8,12H2,1H3. The van der Waals surface area contributed by atoms with Gasteiger partial charge in [0.05, 0.1) is 18.9 Å². The van der Waals surface area contributed by atoms with Crippen LogP contribution in [0.1, 0.15) is 48.5 Å². The molecule has 1 aliphatic carbocycles. The lowest BCUT2D eigenvalue weighted by molar-refractivity contribution is -0.605. The van der Waals surface area contributed by atoms with E-state index >= 15 is 0 Å². The molecular formula is C21H24N2O4. The number of hydrogen-bond acceptors (Lipinski definition) is 5. The van der Waals surface area contributed by atoms with Gasteiger partial charge in [-0.25, -0.2) is 0 Å². The number of hydrogen-bond donors (Lipinski definition) is 1. The Morgan fingerprint density at radius 2 is 2.04 bits per heavy atom. The average Bonchev–Trinajstić information content (AvgIpc) is 3.17. The Balaban J connectivity index is 1.70. The van der Waals surface area contributed by atoms with Crippen LogP contribution in [-0.4, -0.2) is 30.3 Å². The van der Waals surface area contributed by atoms with Gasteiger partial charge in [0, 0.05) is 29.2 Å². The number of benzene rings is 1. The van der Waals surface area contributed by atoms with Gasteiger partial charge in [-0.3, -0.25) is 4.99 Å². The highest BCUT2D eigenvalue weighted by atomic mass is 16.5. The van der Waals surface area contributed by atoms with E-state index in [0.29, 0.717) is 12.2 Å². The summed E-state index contributed by atoms with van der Waals surface area (Å²) in [4.78, 5) is 4.53. The van der Waals surface area contributed by atoms with Crippen molar-refractivity contribution in [1.29, 1.82) is 0 Å². The molecule has 1 aliphatic heterocycles. The van der Waals surface area contributed by atoms with Gasteiger partial charge in [0.15, 0.2) is 18.6 Å². The van der Waals surface area contributed by atoms with Crippen LogP contribution in [0.5, 0.6) is 5.75 Å². The molecule has 1 aromatic carbocycles. The second-order valence-electron chi connectivity index (χ2n) is 7.12. The summed E-state index contributed by atoms with van der Waals surface area (Å²) < 4.78 is 12.6. The summed E-state index contributed by atoms with van der Waals surface area (Å²) in [5.74, 6) is 0.689. The van der Waals surface area contributed by atoms with Crippen molar-refractivity contribution in [1.82, 2.24) is 0 Å². The minimum atomic E-state index is -0.993. The van der Waals surface area contributed by atoms with E-state index in [4.69, 9.17) is 9.47 Å². The van der Waals surface area contributed by atoms with Crippen molar-refractivity contribution in [3.8, 4) is 5.75 Å². The monoisotopic (exact) mass is 368 g/mol. The summed E-state index contributed by atoms with van der Waals surface area (Å²) in [5.41, 5.74) is 3.32. The van der Waals surface area contributed by atoms with Crippen molar-refractivity contribution >= 4 is 5.71 Å². The Morgan fingerprint density at radius 1 is 1.22 bits per heavy atom. The Morgan fingerprint density at radius 3 is 2.78 bits per heavy atom. The molecule has 0 bridgehead atoms. The minimum absolute atomic E-state index is 0.146. The molecule has 6 nitrogen and oxygen atoms in total.